The Morgan fingerprint density at radius 2 is 2.21 bits per heavy atom. The Kier molecular flexibility index (Phi) is 5.81. The van der Waals surface area contributed by atoms with E-state index in [0.29, 0.717) is 30.9 Å². The lowest BCUT2D eigenvalue weighted by Gasteiger charge is -2.26. The summed E-state index contributed by atoms with van der Waals surface area (Å²) in [5, 5.41) is 4.69. The number of halogens is 1. The van der Waals surface area contributed by atoms with Gasteiger partial charge in [0.15, 0.2) is 0 Å². The molecule has 3 N–H and O–H groups in total. The molecular weight excluding hydrogens is 328 g/mol. The van der Waals surface area contributed by atoms with Gasteiger partial charge in [0.25, 0.3) is 5.91 Å². The molecule has 0 saturated heterocycles. The van der Waals surface area contributed by atoms with E-state index in [1.165, 1.54) is 11.3 Å². The van der Waals surface area contributed by atoms with Crippen molar-refractivity contribution in [3.63, 3.8) is 0 Å². The first-order valence-corrected chi connectivity index (χ1v) is 8.22. The summed E-state index contributed by atoms with van der Waals surface area (Å²) in [6.45, 7) is 1.12. The molecule has 19 heavy (non-hydrogen) atoms. The number of amides is 1. The molecule has 4 nitrogen and oxygen atoms in total. The number of carbonyl (C=O) groups excluding carboxylic acids is 1. The number of thiophene rings is 1. The van der Waals surface area contributed by atoms with Crippen LogP contribution in [0.25, 0.3) is 0 Å². The molecule has 1 heterocycles. The predicted octanol–water partition coefficient (Wildman–Crippen LogP) is 2.53. The highest BCUT2D eigenvalue weighted by Crippen LogP contribution is 2.21. The van der Waals surface area contributed by atoms with Gasteiger partial charge < -0.3 is 15.8 Å². The number of hydrogen-bond acceptors (Lipinski definition) is 4. The lowest BCUT2D eigenvalue weighted by molar-refractivity contribution is 0.0268. The Morgan fingerprint density at radius 1 is 1.47 bits per heavy atom. The Morgan fingerprint density at radius 3 is 2.84 bits per heavy atom. The molecule has 1 aliphatic rings. The maximum atomic E-state index is 11.8. The number of nitrogens with one attached hydrogen (secondary N) is 1. The van der Waals surface area contributed by atoms with Crippen molar-refractivity contribution >= 4 is 33.2 Å². The van der Waals surface area contributed by atoms with Gasteiger partial charge in [-0.3, -0.25) is 4.79 Å². The number of carbonyl (C=O) groups is 1. The molecule has 0 unspecified atom stereocenters. The lowest BCUT2D eigenvalue weighted by atomic mass is 9.94. The van der Waals surface area contributed by atoms with Crippen molar-refractivity contribution in [3.05, 3.63) is 20.8 Å². The van der Waals surface area contributed by atoms with Crippen LogP contribution in [0.4, 0.5) is 0 Å². The van der Waals surface area contributed by atoms with E-state index in [2.05, 4.69) is 21.2 Å². The summed E-state index contributed by atoms with van der Waals surface area (Å²) in [7, 11) is 0. The first-order chi connectivity index (χ1) is 9.15. The quantitative estimate of drug-likeness (QED) is 0.805. The van der Waals surface area contributed by atoms with E-state index < -0.39 is 0 Å². The molecule has 6 heteroatoms. The minimum Gasteiger partial charge on any atom is -0.376 e. The monoisotopic (exact) mass is 346 g/mol. The molecule has 0 spiro atoms. The van der Waals surface area contributed by atoms with Gasteiger partial charge in [-0.2, -0.15) is 0 Å². The molecular formula is C13H19BrN2O2S. The molecule has 0 atom stereocenters. The van der Waals surface area contributed by atoms with E-state index in [9.17, 15) is 4.79 Å². The van der Waals surface area contributed by atoms with Crippen molar-refractivity contribution in [1.82, 2.24) is 5.32 Å². The molecule has 1 aromatic rings. The van der Waals surface area contributed by atoms with Gasteiger partial charge in [-0.15, -0.1) is 11.3 Å². The first kappa shape index (κ1) is 15.0. The number of rotatable bonds is 5. The van der Waals surface area contributed by atoms with Crippen LogP contribution in [0.15, 0.2) is 15.2 Å². The summed E-state index contributed by atoms with van der Waals surface area (Å²) in [5.41, 5.74) is 6.54. The zero-order chi connectivity index (χ0) is 13.7. The third-order valence-corrected chi connectivity index (χ3v) is 4.79. The molecule has 0 aromatic carbocycles. The average Bonchev–Trinajstić information content (AvgIpc) is 2.83. The highest BCUT2D eigenvalue weighted by atomic mass is 79.9. The average molecular weight is 347 g/mol. The summed E-state index contributed by atoms with van der Waals surface area (Å²) in [6, 6.07) is 2.17. The van der Waals surface area contributed by atoms with E-state index in [-0.39, 0.29) is 5.91 Å². The summed E-state index contributed by atoms with van der Waals surface area (Å²) in [4.78, 5) is 11.8. The van der Waals surface area contributed by atoms with Gasteiger partial charge in [-0.25, -0.2) is 0 Å². The smallest absolute Gasteiger partial charge is 0.252 e. The van der Waals surface area contributed by atoms with Crippen molar-refractivity contribution in [2.75, 3.05) is 13.2 Å². The molecule has 1 aliphatic carbocycles. The SMILES string of the molecule is NC1CCC(OCCNC(=O)c2csc(Br)c2)CC1. The molecule has 1 fully saturated rings. The summed E-state index contributed by atoms with van der Waals surface area (Å²) in [5.74, 6) is -0.0452. The van der Waals surface area contributed by atoms with Crippen LogP contribution in [-0.4, -0.2) is 31.2 Å². The second-order valence-electron chi connectivity index (χ2n) is 4.80. The Balaban J connectivity index is 1.60. The van der Waals surface area contributed by atoms with Gasteiger partial charge in [0, 0.05) is 18.0 Å². The first-order valence-electron chi connectivity index (χ1n) is 6.54. The molecule has 106 valence electrons. The molecule has 1 aromatic heterocycles. The molecule has 0 aliphatic heterocycles. The van der Waals surface area contributed by atoms with Gasteiger partial charge in [-0.1, -0.05) is 0 Å². The van der Waals surface area contributed by atoms with Crippen LogP contribution < -0.4 is 11.1 Å². The highest BCUT2D eigenvalue weighted by Gasteiger charge is 2.18. The van der Waals surface area contributed by atoms with Gasteiger partial charge in [-0.05, 0) is 47.7 Å². The van der Waals surface area contributed by atoms with Crippen LogP contribution in [0.5, 0.6) is 0 Å². The fourth-order valence-corrected chi connectivity index (χ4v) is 3.31. The van der Waals surface area contributed by atoms with Crippen molar-refractivity contribution in [3.8, 4) is 0 Å². The van der Waals surface area contributed by atoms with Crippen LogP contribution >= 0.6 is 27.3 Å². The largest absolute Gasteiger partial charge is 0.376 e. The highest BCUT2D eigenvalue weighted by molar-refractivity contribution is 9.11. The van der Waals surface area contributed by atoms with E-state index in [1.807, 2.05) is 11.4 Å². The zero-order valence-corrected chi connectivity index (χ0v) is 13.1. The maximum absolute atomic E-state index is 11.8. The van der Waals surface area contributed by atoms with E-state index in [0.717, 1.165) is 29.5 Å². The standard InChI is InChI=1S/C13H19BrN2O2S/c14-12-7-9(8-19-12)13(17)16-5-6-18-11-3-1-10(15)2-4-11/h7-8,10-11H,1-6,15H2,(H,16,17). The molecule has 1 saturated carbocycles. The van der Waals surface area contributed by atoms with Gasteiger partial charge in [0.05, 0.1) is 22.1 Å². The van der Waals surface area contributed by atoms with Gasteiger partial charge >= 0.3 is 0 Å². The summed E-state index contributed by atoms with van der Waals surface area (Å²) < 4.78 is 6.71. The van der Waals surface area contributed by atoms with Crippen LogP contribution in [0.3, 0.4) is 0 Å². The Labute approximate surface area is 125 Å². The predicted molar refractivity (Wildman–Crippen MR) is 80.5 cm³/mol. The van der Waals surface area contributed by atoms with Crippen molar-refractivity contribution in [2.24, 2.45) is 5.73 Å². The second kappa shape index (κ2) is 7.38. The van der Waals surface area contributed by atoms with Crippen LogP contribution in [0.2, 0.25) is 0 Å². The fraction of sp³-hybridized carbons (Fsp3) is 0.615. The number of ether oxygens (including phenoxy) is 1. The van der Waals surface area contributed by atoms with Gasteiger partial charge in [0.2, 0.25) is 0 Å². The van der Waals surface area contributed by atoms with Crippen molar-refractivity contribution in [2.45, 2.75) is 37.8 Å². The van der Waals surface area contributed by atoms with Crippen molar-refractivity contribution in [1.29, 1.82) is 0 Å². The summed E-state index contributed by atoms with van der Waals surface area (Å²) in [6.07, 6.45) is 4.46. The number of nitrogens with two attached hydrogens (primary N) is 1. The minimum absolute atomic E-state index is 0.0452. The molecule has 2 rings (SSSR count). The Hall–Kier alpha value is -0.430. The van der Waals surface area contributed by atoms with Crippen molar-refractivity contribution < 1.29 is 9.53 Å². The van der Waals surface area contributed by atoms with E-state index in [4.69, 9.17) is 10.5 Å². The fourth-order valence-electron chi connectivity index (χ4n) is 2.18. The van der Waals surface area contributed by atoms with Crippen LogP contribution in [-0.2, 0) is 4.74 Å². The third kappa shape index (κ3) is 4.87. The van der Waals surface area contributed by atoms with Gasteiger partial charge in [0.1, 0.15) is 0 Å². The summed E-state index contributed by atoms with van der Waals surface area (Å²) >= 11 is 4.85. The zero-order valence-electron chi connectivity index (χ0n) is 10.7. The topological polar surface area (TPSA) is 64.3 Å². The molecule has 1 amide bonds. The van der Waals surface area contributed by atoms with E-state index >= 15 is 0 Å². The number of hydrogen-bond donors (Lipinski definition) is 2. The normalized spacial score (nSPS) is 23.3. The van der Waals surface area contributed by atoms with Crippen LogP contribution in [0, 0.1) is 0 Å². The Bertz CT molecular complexity index is 417. The lowest BCUT2D eigenvalue weighted by Crippen LogP contribution is -2.32. The van der Waals surface area contributed by atoms with E-state index in [1.54, 1.807) is 0 Å². The maximum Gasteiger partial charge on any atom is 0.252 e. The molecule has 0 bridgehead atoms. The minimum atomic E-state index is -0.0452. The third-order valence-electron chi connectivity index (χ3n) is 3.29. The van der Waals surface area contributed by atoms with Crippen LogP contribution in [0.1, 0.15) is 36.0 Å². The molecule has 0 radical (unpaired) electrons. The second-order valence-corrected chi connectivity index (χ2v) is 7.09.